The fourth-order valence-electron chi connectivity index (χ4n) is 1.20. The summed E-state index contributed by atoms with van der Waals surface area (Å²) in [7, 11) is 0. The minimum atomic E-state index is -0.710. The SMILES string of the molecule is O=C1NC(=S)S/C1=C/c1c(F)cccc1F. The Labute approximate surface area is 99.7 Å². The number of benzene rings is 1. The van der Waals surface area contributed by atoms with E-state index in [1.54, 1.807) is 0 Å². The molecule has 82 valence electrons. The van der Waals surface area contributed by atoms with Crippen molar-refractivity contribution in [3.8, 4) is 0 Å². The second-order valence-electron chi connectivity index (χ2n) is 2.99. The molecular formula is C10H5F2NOS2. The van der Waals surface area contributed by atoms with Gasteiger partial charge in [0.2, 0.25) is 0 Å². The third-order valence-corrected chi connectivity index (χ3v) is 3.08. The predicted octanol–water partition coefficient (Wildman–Crippen LogP) is 2.45. The van der Waals surface area contributed by atoms with Gasteiger partial charge in [-0.2, -0.15) is 0 Å². The van der Waals surface area contributed by atoms with Crippen LogP contribution in [-0.2, 0) is 4.79 Å². The Hall–Kier alpha value is -1.27. The molecule has 16 heavy (non-hydrogen) atoms. The number of amides is 1. The number of thiocarbonyl (C=S) groups is 1. The maximum Gasteiger partial charge on any atom is 0.263 e. The molecule has 0 atom stereocenters. The van der Waals surface area contributed by atoms with Crippen molar-refractivity contribution in [2.45, 2.75) is 0 Å². The van der Waals surface area contributed by atoms with E-state index in [0.717, 1.165) is 30.0 Å². The van der Waals surface area contributed by atoms with Crippen LogP contribution in [0.15, 0.2) is 23.1 Å². The van der Waals surface area contributed by atoms with Crippen molar-refractivity contribution in [3.63, 3.8) is 0 Å². The van der Waals surface area contributed by atoms with Gasteiger partial charge in [-0.3, -0.25) is 4.79 Å². The monoisotopic (exact) mass is 257 g/mol. The van der Waals surface area contributed by atoms with Crippen LogP contribution in [0.25, 0.3) is 6.08 Å². The molecule has 1 aliphatic rings. The molecule has 1 heterocycles. The van der Waals surface area contributed by atoms with Gasteiger partial charge < -0.3 is 5.32 Å². The van der Waals surface area contributed by atoms with Crippen molar-refractivity contribution in [2.75, 3.05) is 0 Å². The summed E-state index contributed by atoms with van der Waals surface area (Å²) in [5.74, 6) is -1.85. The third kappa shape index (κ3) is 2.12. The smallest absolute Gasteiger partial charge is 0.263 e. The van der Waals surface area contributed by atoms with E-state index in [0.29, 0.717) is 0 Å². The average Bonchev–Trinajstić information content (AvgIpc) is 2.51. The molecule has 0 aliphatic carbocycles. The van der Waals surface area contributed by atoms with Crippen LogP contribution < -0.4 is 5.32 Å². The Morgan fingerprint density at radius 2 is 1.94 bits per heavy atom. The van der Waals surface area contributed by atoms with Crippen LogP contribution in [0.2, 0.25) is 0 Å². The van der Waals surface area contributed by atoms with E-state index in [1.807, 2.05) is 0 Å². The molecule has 0 aromatic heterocycles. The number of carbonyl (C=O) groups is 1. The fraction of sp³-hybridized carbons (Fsp3) is 0. The molecule has 1 amide bonds. The van der Waals surface area contributed by atoms with Crippen molar-refractivity contribution in [1.82, 2.24) is 5.32 Å². The van der Waals surface area contributed by atoms with Crippen LogP contribution in [-0.4, -0.2) is 10.2 Å². The van der Waals surface area contributed by atoms with E-state index in [2.05, 4.69) is 5.32 Å². The maximum absolute atomic E-state index is 13.3. The Balaban J connectivity index is 2.44. The van der Waals surface area contributed by atoms with Crippen LogP contribution in [0, 0.1) is 11.6 Å². The number of hydrogen-bond donors (Lipinski definition) is 1. The van der Waals surface area contributed by atoms with E-state index in [9.17, 15) is 13.6 Å². The molecule has 6 heteroatoms. The number of thioether (sulfide) groups is 1. The number of nitrogens with one attached hydrogen (secondary N) is 1. The summed E-state index contributed by atoms with van der Waals surface area (Å²) in [5, 5.41) is 2.37. The lowest BCUT2D eigenvalue weighted by atomic mass is 10.2. The second-order valence-corrected chi connectivity index (χ2v) is 4.71. The Morgan fingerprint density at radius 1 is 1.31 bits per heavy atom. The van der Waals surface area contributed by atoms with Gasteiger partial charge in [0.05, 0.1) is 4.91 Å². The van der Waals surface area contributed by atoms with Gasteiger partial charge in [0, 0.05) is 5.56 Å². The summed E-state index contributed by atoms with van der Waals surface area (Å²) < 4.78 is 26.8. The zero-order valence-electron chi connectivity index (χ0n) is 7.79. The van der Waals surface area contributed by atoms with Gasteiger partial charge in [-0.15, -0.1) is 0 Å². The van der Waals surface area contributed by atoms with Crippen LogP contribution in [0.3, 0.4) is 0 Å². The lowest BCUT2D eigenvalue weighted by molar-refractivity contribution is -0.115. The molecule has 1 aromatic carbocycles. The van der Waals surface area contributed by atoms with Gasteiger partial charge in [-0.05, 0) is 18.2 Å². The van der Waals surface area contributed by atoms with Gasteiger partial charge in [0.1, 0.15) is 16.0 Å². The minimum Gasteiger partial charge on any atom is -0.307 e. The molecule has 0 bridgehead atoms. The second kappa shape index (κ2) is 4.31. The van der Waals surface area contributed by atoms with Gasteiger partial charge in [-0.25, -0.2) is 8.78 Å². The standard InChI is InChI=1S/C10H5F2NOS2/c11-6-2-1-3-7(12)5(6)4-8-9(14)13-10(15)16-8/h1-4H,(H,13,14,15)/b8-4+. The fourth-order valence-corrected chi connectivity index (χ4v) is 2.23. The molecule has 0 spiro atoms. The molecule has 1 fully saturated rings. The van der Waals surface area contributed by atoms with Crippen LogP contribution in [0.5, 0.6) is 0 Å². The number of rotatable bonds is 1. The molecule has 0 radical (unpaired) electrons. The lowest BCUT2D eigenvalue weighted by Gasteiger charge is -1.99. The largest absolute Gasteiger partial charge is 0.307 e. The zero-order chi connectivity index (χ0) is 11.7. The highest BCUT2D eigenvalue weighted by Gasteiger charge is 2.23. The first-order valence-corrected chi connectivity index (χ1v) is 5.49. The summed E-state index contributed by atoms with van der Waals surface area (Å²) in [5.41, 5.74) is -0.232. The van der Waals surface area contributed by atoms with E-state index in [-0.39, 0.29) is 14.8 Å². The van der Waals surface area contributed by atoms with E-state index >= 15 is 0 Å². The first kappa shape index (κ1) is 11.2. The van der Waals surface area contributed by atoms with Gasteiger partial charge in [0.15, 0.2) is 0 Å². The summed E-state index contributed by atoms with van der Waals surface area (Å²) >= 11 is 5.74. The summed E-state index contributed by atoms with van der Waals surface area (Å²) in [6, 6.07) is 3.52. The normalized spacial score (nSPS) is 18.0. The molecule has 1 aromatic rings. The Bertz CT molecular complexity index is 493. The Kier molecular flexibility index (Phi) is 3.02. The van der Waals surface area contributed by atoms with Gasteiger partial charge in [-0.1, -0.05) is 30.0 Å². The van der Waals surface area contributed by atoms with E-state index in [1.165, 1.54) is 6.07 Å². The van der Waals surface area contributed by atoms with Crippen LogP contribution in [0.4, 0.5) is 8.78 Å². The molecule has 1 saturated heterocycles. The molecule has 2 rings (SSSR count). The van der Waals surface area contributed by atoms with Crippen molar-refractivity contribution >= 4 is 40.3 Å². The van der Waals surface area contributed by atoms with Gasteiger partial charge in [0.25, 0.3) is 5.91 Å². The number of hydrogen-bond acceptors (Lipinski definition) is 3. The highest BCUT2D eigenvalue weighted by Crippen LogP contribution is 2.27. The van der Waals surface area contributed by atoms with Gasteiger partial charge >= 0.3 is 0 Å². The Morgan fingerprint density at radius 3 is 2.44 bits per heavy atom. The van der Waals surface area contributed by atoms with Crippen molar-refractivity contribution in [1.29, 1.82) is 0 Å². The minimum absolute atomic E-state index is 0.189. The van der Waals surface area contributed by atoms with Crippen molar-refractivity contribution in [3.05, 3.63) is 40.3 Å². The van der Waals surface area contributed by atoms with E-state index < -0.39 is 17.5 Å². The third-order valence-electron chi connectivity index (χ3n) is 1.92. The lowest BCUT2D eigenvalue weighted by Crippen LogP contribution is -2.17. The quantitative estimate of drug-likeness (QED) is 0.619. The predicted molar refractivity (Wildman–Crippen MR) is 62.7 cm³/mol. The number of halogens is 2. The van der Waals surface area contributed by atoms with Crippen molar-refractivity contribution in [2.24, 2.45) is 0 Å². The molecular weight excluding hydrogens is 252 g/mol. The average molecular weight is 257 g/mol. The van der Waals surface area contributed by atoms with Crippen LogP contribution in [0.1, 0.15) is 5.56 Å². The summed E-state index contributed by atoms with van der Waals surface area (Å²) in [6.07, 6.45) is 1.16. The van der Waals surface area contributed by atoms with Crippen LogP contribution >= 0.6 is 24.0 Å². The topological polar surface area (TPSA) is 29.1 Å². The van der Waals surface area contributed by atoms with E-state index in [4.69, 9.17) is 12.2 Å². The molecule has 0 unspecified atom stereocenters. The highest BCUT2D eigenvalue weighted by molar-refractivity contribution is 8.26. The first-order chi connectivity index (χ1) is 7.58. The molecule has 1 aliphatic heterocycles. The molecule has 1 N–H and O–H groups in total. The molecule has 0 saturated carbocycles. The van der Waals surface area contributed by atoms with Crippen molar-refractivity contribution < 1.29 is 13.6 Å². The summed E-state index contributed by atoms with van der Waals surface area (Å²) in [4.78, 5) is 11.5. The number of carbonyl (C=O) groups excluding carboxylic acids is 1. The molecule has 2 nitrogen and oxygen atoms in total. The highest BCUT2D eigenvalue weighted by atomic mass is 32.2. The zero-order valence-corrected chi connectivity index (χ0v) is 9.42. The first-order valence-electron chi connectivity index (χ1n) is 4.27. The maximum atomic E-state index is 13.3. The summed E-state index contributed by atoms with van der Waals surface area (Å²) in [6.45, 7) is 0.